The average Bonchev–Trinajstić information content (AvgIpc) is 3.03. The lowest BCUT2D eigenvalue weighted by Gasteiger charge is -2.06. The molecule has 1 N–H and O–H groups in total. The number of pyridine rings is 1. The summed E-state index contributed by atoms with van der Waals surface area (Å²) in [6.45, 7) is 0. The van der Waals surface area contributed by atoms with Gasteiger partial charge in [-0.1, -0.05) is 35.9 Å². The third-order valence-electron chi connectivity index (χ3n) is 3.79. The molecule has 2 heterocycles. The summed E-state index contributed by atoms with van der Waals surface area (Å²) in [7, 11) is 0. The SMILES string of the molecule is O=C(c1ccc(Cl)cc1)n1c(-c2ccc3ccccc3n2)n[nH]c1=S. The van der Waals surface area contributed by atoms with E-state index in [0.717, 1.165) is 10.9 Å². The van der Waals surface area contributed by atoms with Crippen LogP contribution in [0.4, 0.5) is 0 Å². The zero-order valence-corrected chi connectivity index (χ0v) is 14.4. The van der Waals surface area contributed by atoms with Crippen molar-refractivity contribution in [3.63, 3.8) is 0 Å². The van der Waals surface area contributed by atoms with Crippen LogP contribution < -0.4 is 0 Å². The molecular weight excluding hydrogens is 356 g/mol. The van der Waals surface area contributed by atoms with Crippen LogP contribution in [-0.4, -0.2) is 25.7 Å². The van der Waals surface area contributed by atoms with Crippen LogP contribution in [0, 0.1) is 4.77 Å². The standard InChI is InChI=1S/C18H11ClN4OS/c19-13-8-5-12(6-9-13)17(24)23-16(21-22-18(23)25)15-10-7-11-3-1-2-4-14(11)20-15/h1-10H,(H,22,25). The Bertz CT molecular complexity index is 1150. The van der Waals surface area contributed by atoms with E-state index >= 15 is 0 Å². The number of hydrogen-bond donors (Lipinski definition) is 1. The number of halogens is 1. The monoisotopic (exact) mass is 366 g/mol. The minimum absolute atomic E-state index is 0.213. The molecule has 0 unspecified atom stereocenters. The summed E-state index contributed by atoms with van der Waals surface area (Å²) in [4.78, 5) is 17.4. The van der Waals surface area contributed by atoms with Gasteiger partial charge in [-0.05, 0) is 48.6 Å². The number of H-pyrrole nitrogens is 1. The van der Waals surface area contributed by atoms with E-state index in [1.807, 2.05) is 36.4 Å². The zero-order chi connectivity index (χ0) is 17.4. The van der Waals surface area contributed by atoms with Gasteiger partial charge < -0.3 is 0 Å². The van der Waals surface area contributed by atoms with Gasteiger partial charge >= 0.3 is 0 Å². The highest BCUT2D eigenvalue weighted by atomic mass is 35.5. The lowest BCUT2D eigenvalue weighted by atomic mass is 10.2. The van der Waals surface area contributed by atoms with E-state index in [-0.39, 0.29) is 10.7 Å². The molecule has 0 radical (unpaired) electrons. The van der Waals surface area contributed by atoms with Crippen molar-refractivity contribution in [3.05, 3.63) is 76.0 Å². The van der Waals surface area contributed by atoms with E-state index in [1.165, 1.54) is 4.57 Å². The number of carbonyl (C=O) groups excluding carboxylic acids is 1. The van der Waals surface area contributed by atoms with Crippen molar-refractivity contribution in [2.24, 2.45) is 0 Å². The molecule has 7 heteroatoms. The Morgan fingerprint density at radius 3 is 2.60 bits per heavy atom. The van der Waals surface area contributed by atoms with Gasteiger partial charge in [-0.15, -0.1) is 0 Å². The molecule has 0 saturated heterocycles. The molecular formula is C18H11ClN4OS. The summed E-state index contributed by atoms with van der Waals surface area (Å²) < 4.78 is 1.56. The predicted octanol–water partition coefficient (Wildman–Crippen LogP) is 4.50. The highest BCUT2D eigenvalue weighted by Crippen LogP contribution is 2.21. The van der Waals surface area contributed by atoms with Gasteiger partial charge in [-0.2, -0.15) is 5.10 Å². The maximum absolute atomic E-state index is 12.9. The number of fused-ring (bicyclic) bond motifs is 1. The number of hydrogen-bond acceptors (Lipinski definition) is 4. The first-order valence-electron chi connectivity index (χ1n) is 7.47. The summed E-state index contributed by atoms with van der Waals surface area (Å²) in [5.74, 6) is 0.0797. The van der Waals surface area contributed by atoms with E-state index in [4.69, 9.17) is 23.8 Å². The van der Waals surface area contributed by atoms with Crippen molar-refractivity contribution in [2.75, 3.05) is 0 Å². The zero-order valence-electron chi connectivity index (χ0n) is 12.8. The predicted molar refractivity (Wildman–Crippen MR) is 99.3 cm³/mol. The van der Waals surface area contributed by atoms with Crippen molar-refractivity contribution in [1.82, 2.24) is 19.7 Å². The molecule has 25 heavy (non-hydrogen) atoms. The van der Waals surface area contributed by atoms with Crippen LogP contribution in [0.25, 0.3) is 22.4 Å². The topological polar surface area (TPSA) is 63.6 Å². The molecule has 0 aliphatic carbocycles. The van der Waals surface area contributed by atoms with Crippen LogP contribution in [0.15, 0.2) is 60.7 Å². The van der Waals surface area contributed by atoms with Gasteiger partial charge in [0.15, 0.2) is 5.82 Å². The van der Waals surface area contributed by atoms with Crippen molar-refractivity contribution < 1.29 is 4.79 Å². The van der Waals surface area contributed by atoms with Crippen molar-refractivity contribution in [2.45, 2.75) is 0 Å². The van der Waals surface area contributed by atoms with Crippen LogP contribution >= 0.6 is 23.8 Å². The highest BCUT2D eigenvalue weighted by molar-refractivity contribution is 7.71. The summed E-state index contributed by atoms with van der Waals surface area (Å²) in [6, 6.07) is 18.1. The second-order valence-electron chi connectivity index (χ2n) is 5.39. The second-order valence-corrected chi connectivity index (χ2v) is 6.21. The molecule has 5 nitrogen and oxygen atoms in total. The van der Waals surface area contributed by atoms with Gasteiger partial charge in [-0.25, -0.2) is 9.55 Å². The highest BCUT2D eigenvalue weighted by Gasteiger charge is 2.18. The Morgan fingerprint density at radius 2 is 1.80 bits per heavy atom. The normalized spacial score (nSPS) is 10.9. The number of carbonyl (C=O) groups is 1. The van der Waals surface area contributed by atoms with Crippen LogP contribution in [0.5, 0.6) is 0 Å². The lowest BCUT2D eigenvalue weighted by molar-refractivity contribution is 0.0960. The quantitative estimate of drug-likeness (QED) is 0.530. The number of nitrogens with zero attached hydrogens (tertiary/aromatic N) is 3. The minimum Gasteiger partial charge on any atom is -0.268 e. The van der Waals surface area contributed by atoms with Gasteiger partial charge in [0.05, 0.1) is 5.52 Å². The Morgan fingerprint density at radius 1 is 1.04 bits per heavy atom. The summed E-state index contributed by atoms with van der Waals surface area (Å²) in [6.07, 6.45) is 0. The number of aromatic nitrogens is 4. The molecule has 0 atom stereocenters. The maximum atomic E-state index is 12.9. The molecule has 122 valence electrons. The summed E-state index contributed by atoms with van der Waals surface area (Å²) in [5, 5.41) is 8.44. The number of para-hydroxylation sites is 1. The molecule has 4 rings (SSSR count). The van der Waals surface area contributed by atoms with Crippen molar-refractivity contribution in [1.29, 1.82) is 0 Å². The molecule has 0 saturated carbocycles. The van der Waals surface area contributed by atoms with Crippen LogP contribution in [0.1, 0.15) is 10.4 Å². The molecule has 0 amide bonds. The van der Waals surface area contributed by atoms with Gasteiger partial charge in [0.2, 0.25) is 4.77 Å². The fourth-order valence-corrected chi connectivity index (χ4v) is 2.91. The van der Waals surface area contributed by atoms with Crippen molar-refractivity contribution >= 4 is 40.6 Å². The fourth-order valence-electron chi connectivity index (χ4n) is 2.57. The summed E-state index contributed by atoms with van der Waals surface area (Å²) >= 11 is 11.1. The molecule has 0 spiro atoms. The number of benzene rings is 2. The van der Waals surface area contributed by atoms with E-state index in [9.17, 15) is 4.79 Å². The van der Waals surface area contributed by atoms with E-state index in [1.54, 1.807) is 24.3 Å². The fraction of sp³-hybridized carbons (Fsp3) is 0. The first-order chi connectivity index (χ1) is 12.1. The molecule has 2 aromatic heterocycles. The molecule has 2 aromatic carbocycles. The third kappa shape index (κ3) is 2.86. The Hall–Kier alpha value is -2.83. The van der Waals surface area contributed by atoms with Crippen LogP contribution in [0.2, 0.25) is 5.02 Å². The largest absolute Gasteiger partial charge is 0.268 e. The van der Waals surface area contributed by atoms with Crippen LogP contribution in [-0.2, 0) is 0 Å². The smallest absolute Gasteiger partial charge is 0.265 e. The van der Waals surface area contributed by atoms with Gasteiger partial charge in [0.25, 0.3) is 5.91 Å². The molecule has 0 aliphatic rings. The summed E-state index contributed by atoms with van der Waals surface area (Å²) in [5.41, 5.74) is 1.84. The maximum Gasteiger partial charge on any atom is 0.265 e. The van der Waals surface area contributed by atoms with E-state index < -0.39 is 0 Å². The molecule has 0 aliphatic heterocycles. The first-order valence-corrected chi connectivity index (χ1v) is 8.26. The van der Waals surface area contributed by atoms with Gasteiger partial charge in [0.1, 0.15) is 5.69 Å². The van der Waals surface area contributed by atoms with E-state index in [2.05, 4.69) is 15.2 Å². The molecule has 0 bridgehead atoms. The number of nitrogens with one attached hydrogen (secondary N) is 1. The Labute approximate surface area is 152 Å². The average molecular weight is 367 g/mol. The van der Waals surface area contributed by atoms with Gasteiger partial charge in [0, 0.05) is 16.0 Å². The van der Waals surface area contributed by atoms with Gasteiger partial charge in [-0.3, -0.25) is 9.89 Å². The van der Waals surface area contributed by atoms with Crippen LogP contribution in [0.3, 0.4) is 0 Å². The molecule has 4 aromatic rings. The third-order valence-corrected chi connectivity index (χ3v) is 4.32. The Kier molecular flexibility index (Phi) is 3.91. The Balaban J connectivity index is 1.85. The van der Waals surface area contributed by atoms with E-state index in [0.29, 0.717) is 22.1 Å². The lowest BCUT2D eigenvalue weighted by Crippen LogP contribution is -2.14. The number of rotatable bonds is 2. The minimum atomic E-state index is -0.291. The first kappa shape index (κ1) is 15.7. The van der Waals surface area contributed by atoms with Crippen molar-refractivity contribution in [3.8, 4) is 11.5 Å². The molecule has 0 fully saturated rings. The second kappa shape index (κ2) is 6.23. The number of aromatic amines is 1.